The SMILES string of the molecule is CS(=O)(=O)N1CCN(C(=O)OCC(F)C(F)(F)S(=O)(=O)[O-])C1=O.Oc1c(C2CCCCC2)cc([SH2+])cc1C1CCCCC1. The first-order valence-electron chi connectivity index (χ1n) is 14.0. The minimum Gasteiger partial charge on any atom is -0.743 e. The highest BCUT2D eigenvalue weighted by Gasteiger charge is 2.48. The number of ether oxygens (including phenoxy) is 1. The van der Waals surface area contributed by atoms with Gasteiger partial charge in [-0.1, -0.05) is 38.5 Å². The van der Waals surface area contributed by atoms with E-state index >= 15 is 0 Å². The van der Waals surface area contributed by atoms with Gasteiger partial charge in [0.15, 0.2) is 15.0 Å². The molecular weight excluding hydrogens is 637 g/mol. The molecule has 1 N–H and O–H groups in total. The van der Waals surface area contributed by atoms with Crippen LogP contribution < -0.4 is 0 Å². The van der Waals surface area contributed by atoms with Crippen LogP contribution in [-0.4, -0.2) is 85.2 Å². The van der Waals surface area contributed by atoms with Crippen molar-refractivity contribution in [3.63, 3.8) is 0 Å². The minimum atomic E-state index is -6.33. The number of phenols is 1. The first-order chi connectivity index (χ1) is 19.9. The highest BCUT2D eigenvalue weighted by molar-refractivity contribution is 7.88. The van der Waals surface area contributed by atoms with Crippen LogP contribution in [0.15, 0.2) is 17.0 Å². The number of alkyl halides is 3. The van der Waals surface area contributed by atoms with Crippen LogP contribution in [0.2, 0.25) is 0 Å². The normalized spacial score (nSPS) is 20.0. The molecule has 2 saturated carbocycles. The Labute approximate surface area is 255 Å². The van der Waals surface area contributed by atoms with E-state index in [1.807, 2.05) is 0 Å². The molecule has 0 bridgehead atoms. The lowest BCUT2D eigenvalue weighted by molar-refractivity contribution is -0.0333. The quantitative estimate of drug-likeness (QED) is 0.331. The summed E-state index contributed by atoms with van der Waals surface area (Å²) >= 11 is 3.72. The van der Waals surface area contributed by atoms with Gasteiger partial charge in [0.25, 0.3) is 0 Å². The standard InChI is InChI=1S/C18H26OS.C8H11F3N2O8S2/c19-18-16(13-7-3-1-4-8-13)11-15(20)12-17(18)14-9-5-2-6-10-14;1-22(16,17)13-3-2-12(6(13)14)7(15)21-4-5(9)8(10,11)23(18,19)20/h11-14,19-20H,1-10H2;5H,2-4H2,1H3,(H,18,19,20). The van der Waals surface area contributed by atoms with E-state index in [4.69, 9.17) is 0 Å². The number of hydrogen-bond donors (Lipinski definition) is 1. The van der Waals surface area contributed by atoms with E-state index in [2.05, 4.69) is 29.5 Å². The Morgan fingerprint density at radius 2 is 1.49 bits per heavy atom. The monoisotopic (exact) mass is 674 g/mol. The Morgan fingerprint density at radius 1 is 1.02 bits per heavy atom. The van der Waals surface area contributed by atoms with Gasteiger partial charge >= 0.3 is 17.4 Å². The Kier molecular flexibility index (Phi) is 11.7. The number of nitrogens with zero attached hydrogens (tertiary/aromatic N) is 2. The van der Waals surface area contributed by atoms with E-state index in [0.717, 1.165) is 4.90 Å². The van der Waals surface area contributed by atoms with Crippen molar-refractivity contribution in [1.82, 2.24) is 9.21 Å². The third kappa shape index (κ3) is 8.69. The summed E-state index contributed by atoms with van der Waals surface area (Å²) < 4.78 is 95.9. The Morgan fingerprint density at radius 3 is 1.88 bits per heavy atom. The molecule has 1 atom stereocenters. The molecule has 1 aliphatic heterocycles. The number of urea groups is 1. The number of phenolic OH excluding ortho intramolecular Hbond substituents is 1. The van der Waals surface area contributed by atoms with Crippen molar-refractivity contribution in [3.05, 3.63) is 23.3 Å². The van der Waals surface area contributed by atoms with Gasteiger partial charge in [-0.3, -0.25) is 0 Å². The van der Waals surface area contributed by atoms with E-state index in [1.165, 1.54) is 75.3 Å². The summed E-state index contributed by atoms with van der Waals surface area (Å²) in [5.74, 6) is 1.76. The highest BCUT2D eigenvalue weighted by Crippen LogP contribution is 2.44. The van der Waals surface area contributed by atoms with Crippen LogP contribution in [0.4, 0.5) is 22.8 Å². The average molecular weight is 675 g/mol. The van der Waals surface area contributed by atoms with E-state index < -0.39 is 63.4 Å². The number of hydrogen-bond acceptors (Lipinski definition) is 9. The minimum absolute atomic E-state index is 0.192. The van der Waals surface area contributed by atoms with Crippen molar-refractivity contribution in [3.8, 4) is 5.75 Å². The molecule has 0 spiro atoms. The summed E-state index contributed by atoms with van der Waals surface area (Å²) in [6.45, 7) is -2.72. The number of imide groups is 1. The first kappa shape index (κ1) is 35.2. The summed E-state index contributed by atoms with van der Waals surface area (Å²) in [5.41, 5.74) is 2.41. The molecule has 43 heavy (non-hydrogen) atoms. The fourth-order valence-corrected chi connectivity index (χ4v) is 7.09. The van der Waals surface area contributed by atoms with Gasteiger partial charge in [-0.05, 0) is 50.1 Å². The number of aromatic hydroxyl groups is 1. The molecule has 1 aromatic carbocycles. The molecule has 2 aliphatic carbocycles. The topological polar surface area (TPSA) is 161 Å². The first-order valence-corrected chi connectivity index (χ1v) is 17.7. The van der Waals surface area contributed by atoms with Gasteiger partial charge in [0, 0.05) is 23.3 Å². The molecule has 1 aromatic rings. The Hall–Kier alpha value is -2.24. The summed E-state index contributed by atoms with van der Waals surface area (Å²) in [6.07, 6.45) is 8.31. The van der Waals surface area contributed by atoms with Gasteiger partial charge in [-0.15, -0.1) is 0 Å². The fourth-order valence-electron chi connectivity index (χ4n) is 5.60. The van der Waals surface area contributed by atoms with Crippen molar-refractivity contribution < 1.29 is 54.0 Å². The average Bonchev–Trinajstić information content (AvgIpc) is 3.35. The number of carbonyl (C=O) groups excluding carboxylic acids is 2. The summed E-state index contributed by atoms with van der Waals surface area (Å²) in [4.78, 5) is 24.3. The molecule has 1 unspecified atom stereocenters. The van der Waals surface area contributed by atoms with Gasteiger partial charge in [0.1, 0.15) is 12.4 Å². The third-order valence-corrected chi connectivity index (χ3v) is 10.3. The Bertz CT molecular complexity index is 1340. The molecule has 4 rings (SSSR count). The third-order valence-electron chi connectivity index (χ3n) is 7.90. The fraction of sp³-hybridized carbons (Fsp3) is 0.692. The van der Waals surface area contributed by atoms with E-state index in [0.29, 0.717) is 23.8 Å². The molecular formula is C26H37F3N2O9S3. The second-order valence-corrected chi connectivity index (χ2v) is 14.9. The highest BCUT2D eigenvalue weighted by atomic mass is 32.2. The number of carbonyl (C=O) groups is 2. The molecule has 3 fully saturated rings. The number of rotatable bonds is 7. The molecule has 1 heterocycles. The van der Waals surface area contributed by atoms with Crippen molar-refractivity contribution in [2.75, 3.05) is 26.0 Å². The predicted molar refractivity (Wildman–Crippen MR) is 153 cm³/mol. The largest absolute Gasteiger partial charge is 0.743 e. The zero-order valence-electron chi connectivity index (χ0n) is 23.6. The molecule has 1 saturated heterocycles. The van der Waals surface area contributed by atoms with Gasteiger partial charge in [0.05, 0.1) is 19.3 Å². The molecule has 3 aliphatic rings. The zero-order valence-corrected chi connectivity index (χ0v) is 26.3. The maximum atomic E-state index is 13.1. The number of sulfonamides is 1. The number of amides is 3. The molecule has 0 aromatic heterocycles. The lowest BCUT2D eigenvalue weighted by Crippen LogP contribution is -2.43. The maximum Gasteiger partial charge on any atom is 0.418 e. The van der Waals surface area contributed by atoms with Gasteiger partial charge in [0.2, 0.25) is 16.2 Å². The number of benzene rings is 1. The van der Waals surface area contributed by atoms with E-state index in [1.54, 1.807) is 0 Å². The molecule has 3 amide bonds. The van der Waals surface area contributed by atoms with Gasteiger partial charge < -0.3 is 14.4 Å². The molecule has 0 radical (unpaired) electrons. The lowest BCUT2D eigenvalue weighted by Gasteiger charge is -2.27. The van der Waals surface area contributed by atoms with Crippen LogP contribution in [0.1, 0.15) is 87.2 Å². The Balaban J connectivity index is 0.000000237. The summed E-state index contributed by atoms with van der Waals surface area (Å²) in [7, 11) is -10.3. The lowest BCUT2D eigenvalue weighted by atomic mass is 9.79. The second kappa shape index (κ2) is 14.2. The van der Waals surface area contributed by atoms with Crippen LogP contribution in [0.3, 0.4) is 0 Å². The maximum absolute atomic E-state index is 13.1. The molecule has 17 heteroatoms. The van der Waals surface area contributed by atoms with E-state index in [9.17, 15) is 49.3 Å². The van der Waals surface area contributed by atoms with Gasteiger partial charge in [-0.2, -0.15) is 8.78 Å². The van der Waals surface area contributed by atoms with Gasteiger partial charge in [-0.25, -0.2) is 40.0 Å². The van der Waals surface area contributed by atoms with Crippen LogP contribution in [0.25, 0.3) is 0 Å². The van der Waals surface area contributed by atoms with E-state index in [-0.39, 0.29) is 9.21 Å². The van der Waals surface area contributed by atoms with Crippen LogP contribution in [-0.2, 0) is 37.5 Å². The second-order valence-electron chi connectivity index (χ2n) is 11.0. The zero-order chi connectivity index (χ0) is 32.2. The van der Waals surface area contributed by atoms with Crippen molar-refractivity contribution in [2.45, 2.75) is 92.4 Å². The van der Waals surface area contributed by atoms with Crippen molar-refractivity contribution >= 4 is 44.9 Å². The number of halogens is 3. The summed E-state index contributed by atoms with van der Waals surface area (Å²) in [5, 5.41) is 5.46. The smallest absolute Gasteiger partial charge is 0.418 e. The van der Waals surface area contributed by atoms with Crippen LogP contribution >= 0.6 is 0 Å². The predicted octanol–water partition coefficient (Wildman–Crippen LogP) is 4.15. The van der Waals surface area contributed by atoms with Crippen molar-refractivity contribution in [1.29, 1.82) is 0 Å². The van der Waals surface area contributed by atoms with Crippen LogP contribution in [0, 0.1) is 0 Å². The molecule has 11 nitrogen and oxygen atoms in total. The summed E-state index contributed by atoms with van der Waals surface area (Å²) in [6, 6.07) is 2.99. The molecule has 244 valence electrons. The van der Waals surface area contributed by atoms with Crippen molar-refractivity contribution in [2.24, 2.45) is 0 Å². The van der Waals surface area contributed by atoms with Crippen LogP contribution in [0.5, 0.6) is 5.75 Å².